The smallest absolute Gasteiger partial charge is 0.250 e. The normalized spacial score (nSPS) is 11.3. The molecule has 0 bridgehead atoms. The maximum Gasteiger partial charge on any atom is 0.250 e. The average Bonchev–Trinajstić information content (AvgIpc) is 3.31. The number of phenols is 1. The number of thioether (sulfide) groups is 1. The molecule has 9 nitrogen and oxygen atoms in total. The third kappa shape index (κ3) is 5.67. The summed E-state index contributed by atoms with van der Waals surface area (Å²) in [6, 6.07) is 16.6. The van der Waals surface area contributed by atoms with Crippen molar-refractivity contribution in [2.45, 2.75) is 19.0 Å². The molecule has 1 amide bonds. The number of methoxy groups -OCH3 is 1. The Kier molecular flexibility index (Phi) is 7.41. The summed E-state index contributed by atoms with van der Waals surface area (Å²) in [5, 5.41) is 23.2. The second kappa shape index (κ2) is 10.8. The number of pyridine rings is 1. The first-order valence-corrected chi connectivity index (χ1v) is 11.7. The first-order valence-electron chi connectivity index (χ1n) is 10.7. The lowest BCUT2D eigenvalue weighted by atomic mass is 10.1. The van der Waals surface area contributed by atoms with Crippen LogP contribution in [0.1, 0.15) is 18.1 Å². The van der Waals surface area contributed by atoms with Crippen LogP contribution in [0.3, 0.4) is 0 Å². The maximum atomic E-state index is 12.5. The van der Waals surface area contributed by atoms with Crippen molar-refractivity contribution in [1.29, 1.82) is 0 Å². The van der Waals surface area contributed by atoms with Crippen LogP contribution in [-0.4, -0.2) is 49.3 Å². The largest absolute Gasteiger partial charge is 0.504 e. The lowest BCUT2D eigenvalue weighted by molar-refractivity contribution is -0.118. The van der Waals surface area contributed by atoms with E-state index in [1.807, 2.05) is 47.9 Å². The molecule has 0 atom stereocenters. The van der Waals surface area contributed by atoms with Gasteiger partial charge in [0.1, 0.15) is 0 Å². The van der Waals surface area contributed by atoms with Gasteiger partial charge in [0.25, 0.3) is 5.91 Å². The Morgan fingerprint density at radius 1 is 1.11 bits per heavy atom. The van der Waals surface area contributed by atoms with Gasteiger partial charge in [-0.05, 0) is 56.3 Å². The zero-order valence-electron chi connectivity index (χ0n) is 19.5. The van der Waals surface area contributed by atoms with E-state index in [1.54, 1.807) is 31.5 Å². The fourth-order valence-electron chi connectivity index (χ4n) is 3.25. The molecule has 0 aliphatic rings. The van der Waals surface area contributed by atoms with Gasteiger partial charge in [-0.3, -0.25) is 14.3 Å². The van der Waals surface area contributed by atoms with E-state index in [2.05, 4.69) is 25.7 Å². The van der Waals surface area contributed by atoms with Gasteiger partial charge >= 0.3 is 0 Å². The molecule has 4 rings (SSSR count). The number of aromatic hydroxyl groups is 1. The summed E-state index contributed by atoms with van der Waals surface area (Å²) in [5.74, 6) is 0.835. The first kappa shape index (κ1) is 24.0. The molecule has 10 heteroatoms. The molecule has 2 aromatic heterocycles. The number of hydrazone groups is 1. The molecule has 4 aromatic rings. The van der Waals surface area contributed by atoms with Crippen molar-refractivity contribution in [3.63, 3.8) is 0 Å². The fraction of sp³-hybridized carbons (Fsp3) is 0.160. The van der Waals surface area contributed by atoms with Crippen LogP contribution in [0.5, 0.6) is 11.5 Å². The molecule has 35 heavy (non-hydrogen) atoms. The van der Waals surface area contributed by atoms with Crippen molar-refractivity contribution in [2.24, 2.45) is 5.10 Å². The SMILES string of the molecule is COc1cc(C(C)=NNC(=O)CSc2nnc(-c3ccncc3)n2-c2ccc(C)cc2)ccc1O. The molecular formula is C25H24N6O3S. The van der Waals surface area contributed by atoms with E-state index < -0.39 is 0 Å². The van der Waals surface area contributed by atoms with E-state index in [4.69, 9.17) is 4.74 Å². The Balaban J connectivity index is 1.50. The van der Waals surface area contributed by atoms with Crippen LogP contribution >= 0.6 is 11.8 Å². The highest BCUT2D eigenvalue weighted by Crippen LogP contribution is 2.28. The van der Waals surface area contributed by atoms with Crippen molar-refractivity contribution < 1.29 is 14.6 Å². The van der Waals surface area contributed by atoms with Crippen molar-refractivity contribution in [3.05, 3.63) is 78.1 Å². The van der Waals surface area contributed by atoms with Crippen molar-refractivity contribution >= 4 is 23.4 Å². The van der Waals surface area contributed by atoms with Crippen molar-refractivity contribution in [1.82, 2.24) is 25.2 Å². The van der Waals surface area contributed by atoms with E-state index in [0.717, 1.165) is 16.8 Å². The molecular weight excluding hydrogens is 464 g/mol. The summed E-state index contributed by atoms with van der Waals surface area (Å²) in [6.07, 6.45) is 3.40. The molecule has 0 unspecified atom stereocenters. The molecule has 0 aliphatic heterocycles. The number of aromatic nitrogens is 4. The molecule has 0 saturated carbocycles. The van der Waals surface area contributed by atoms with Crippen LogP contribution < -0.4 is 10.2 Å². The Bertz CT molecular complexity index is 1350. The van der Waals surface area contributed by atoms with E-state index in [0.29, 0.717) is 28.0 Å². The second-order valence-corrected chi connectivity index (χ2v) is 8.56. The van der Waals surface area contributed by atoms with Gasteiger partial charge in [0.2, 0.25) is 0 Å². The number of nitrogens with one attached hydrogen (secondary N) is 1. The zero-order chi connectivity index (χ0) is 24.8. The quantitative estimate of drug-likeness (QED) is 0.219. The third-order valence-electron chi connectivity index (χ3n) is 5.14. The summed E-state index contributed by atoms with van der Waals surface area (Å²) >= 11 is 1.26. The summed E-state index contributed by atoms with van der Waals surface area (Å²) in [4.78, 5) is 16.6. The van der Waals surface area contributed by atoms with E-state index in [1.165, 1.54) is 24.9 Å². The maximum absolute atomic E-state index is 12.5. The summed E-state index contributed by atoms with van der Waals surface area (Å²) in [6.45, 7) is 3.78. The number of ether oxygens (including phenoxy) is 1. The van der Waals surface area contributed by atoms with E-state index in [9.17, 15) is 9.90 Å². The first-order chi connectivity index (χ1) is 17.0. The Morgan fingerprint density at radius 2 is 1.86 bits per heavy atom. The van der Waals surface area contributed by atoms with Gasteiger partial charge in [0, 0.05) is 29.2 Å². The van der Waals surface area contributed by atoms with Gasteiger partial charge < -0.3 is 9.84 Å². The number of hydrogen-bond donors (Lipinski definition) is 2. The number of rotatable bonds is 8. The Hall–Kier alpha value is -4.18. The van der Waals surface area contributed by atoms with Crippen LogP contribution in [0, 0.1) is 6.92 Å². The van der Waals surface area contributed by atoms with Gasteiger partial charge in [-0.15, -0.1) is 10.2 Å². The minimum absolute atomic E-state index is 0.0355. The second-order valence-electron chi connectivity index (χ2n) is 7.62. The van der Waals surface area contributed by atoms with Crippen LogP contribution in [0.4, 0.5) is 0 Å². The predicted octanol–water partition coefficient (Wildman–Crippen LogP) is 3.98. The standard InChI is InChI=1S/C25H24N6O3S/c1-16-4-7-20(8-5-16)31-24(18-10-12-26-13-11-18)29-30-25(31)35-15-23(33)28-27-17(2)19-6-9-21(32)22(14-19)34-3/h4-14,32H,15H2,1-3H3,(H,28,33). The minimum Gasteiger partial charge on any atom is -0.504 e. The Labute approximate surface area is 206 Å². The molecule has 2 heterocycles. The number of aryl methyl sites for hydroxylation is 1. The van der Waals surface area contributed by atoms with Crippen LogP contribution in [0.25, 0.3) is 17.1 Å². The number of carbonyl (C=O) groups is 1. The number of phenolic OH excluding ortho intramolecular Hbond substituents is 1. The van der Waals surface area contributed by atoms with Gasteiger partial charge in [-0.2, -0.15) is 5.10 Å². The average molecular weight is 489 g/mol. The van der Waals surface area contributed by atoms with Crippen LogP contribution in [-0.2, 0) is 4.79 Å². The highest BCUT2D eigenvalue weighted by molar-refractivity contribution is 7.99. The number of amides is 1. The number of benzene rings is 2. The molecule has 178 valence electrons. The van der Waals surface area contributed by atoms with E-state index in [-0.39, 0.29) is 17.4 Å². The van der Waals surface area contributed by atoms with Gasteiger partial charge in [0.05, 0.1) is 18.6 Å². The lowest BCUT2D eigenvalue weighted by Gasteiger charge is -2.10. The topological polar surface area (TPSA) is 115 Å². The zero-order valence-corrected chi connectivity index (χ0v) is 20.3. The van der Waals surface area contributed by atoms with Crippen LogP contribution in [0.2, 0.25) is 0 Å². The summed E-state index contributed by atoms with van der Waals surface area (Å²) in [5.41, 5.74) is 6.76. The number of hydrogen-bond acceptors (Lipinski definition) is 8. The fourth-order valence-corrected chi connectivity index (χ4v) is 4.00. The summed E-state index contributed by atoms with van der Waals surface area (Å²) in [7, 11) is 1.47. The highest BCUT2D eigenvalue weighted by Gasteiger charge is 2.17. The monoisotopic (exact) mass is 488 g/mol. The van der Waals surface area contributed by atoms with Gasteiger partial charge in [-0.25, -0.2) is 5.43 Å². The van der Waals surface area contributed by atoms with Crippen LogP contribution in [0.15, 0.2) is 77.2 Å². The molecule has 0 radical (unpaired) electrons. The highest BCUT2D eigenvalue weighted by atomic mass is 32.2. The molecule has 2 aromatic carbocycles. The van der Waals surface area contributed by atoms with E-state index >= 15 is 0 Å². The molecule has 0 spiro atoms. The molecule has 0 fully saturated rings. The van der Waals surface area contributed by atoms with Gasteiger partial charge in [-0.1, -0.05) is 29.5 Å². The molecule has 2 N–H and O–H groups in total. The van der Waals surface area contributed by atoms with Gasteiger partial charge in [0.15, 0.2) is 22.5 Å². The van der Waals surface area contributed by atoms with Crippen molar-refractivity contribution in [3.8, 4) is 28.6 Å². The third-order valence-corrected chi connectivity index (χ3v) is 6.07. The minimum atomic E-state index is -0.288. The lowest BCUT2D eigenvalue weighted by Crippen LogP contribution is -2.21. The molecule has 0 saturated heterocycles. The Morgan fingerprint density at radius 3 is 2.57 bits per heavy atom. The summed E-state index contributed by atoms with van der Waals surface area (Å²) < 4.78 is 7.04. The number of nitrogens with zero attached hydrogens (tertiary/aromatic N) is 5. The van der Waals surface area contributed by atoms with Crippen molar-refractivity contribution in [2.75, 3.05) is 12.9 Å². The molecule has 0 aliphatic carbocycles. The predicted molar refractivity (Wildman–Crippen MR) is 135 cm³/mol. The number of carbonyl (C=O) groups excluding carboxylic acids is 1.